The normalized spacial score (nSPS) is 15.4. The number of hydrogen-bond donors (Lipinski definition) is 2. The van der Waals surface area contributed by atoms with E-state index in [1.165, 1.54) is 25.7 Å². The third-order valence-corrected chi connectivity index (χ3v) is 3.75. The molecule has 1 heterocycles. The summed E-state index contributed by atoms with van der Waals surface area (Å²) in [5, 5.41) is 7.32. The minimum atomic E-state index is -0.569. The molecule has 1 saturated carbocycles. The lowest BCUT2D eigenvalue weighted by molar-refractivity contribution is 0.259. The highest BCUT2D eigenvalue weighted by Gasteiger charge is 2.22. The van der Waals surface area contributed by atoms with Crippen molar-refractivity contribution < 1.29 is 4.79 Å². The molecule has 0 bridgehead atoms. The van der Waals surface area contributed by atoms with Gasteiger partial charge in [0.05, 0.1) is 11.4 Å². The lowest BCUT2D eigenvalue weighted by Crippen LogP contribution is -2.21. The maximum atomic E-state index is 11.2. The molecule has 2 aromatic rings. The fourth-order valence-electron chi connectivity index (χ4n) is 2.80. The SMILES string of the molecule is NC(=O)Nc1cc(C2CCCC2)nn1-c1ccccc1. The summed E-state index contributed by atoms with van der Waals surface area (Å²) >= 11 is 0. The zero-order valence-corrected chi connectivity index (χ0v) is 11.2. The second kappa shape index (κ2) is 5.36. The summed E-state index contributed by atoms with van der Waals surface area (Å²) in [6, 6.07) is 11.1. The number of benzene rings is 1. The predicted octanol–water partition coefficient (Wildman–Crippen LogP) is 3.02. The van der Waals surface area contributed by atoms with E-state index < -0.39 is 6.03 Å². The summed E-state index contributed by atoms with van der Waals surface area (Å²) in [7, 11) is 0. The molecule has 1 aromatic heterocycles. The van der Waals surface area contributed by atoms with Crippen molar-refractivity contribution >= 4 is 11.8 Å². The molecule has 3 rings (SSSR count). The molecule has 0 saturated heterocycles. The minimum absolute atomic E-state index is 0.494. The summed E-state index contributed by atoms with van der Waals surface area (Å²) < 4.78 is 1.75. The fraction of sp³-hybridized carbons (Fsp3) is 0.333. The van der Waals surface area contributed by atoms with Gasteiger partial charge in [0, 0.05) is 12.0 Å². The van der Waals surface area contributed by atoms with Crippen LogP contribution in [0.1, 0.15) is 37.3 Å². The van der Waals surface area contributed by atoms with Crippen LogP contribution < -0.4 is 11.1 Å². The Kier molecular flexibility index (Phi) is 3.41. The first-order chi connectivity index (χ1) is 9.74. The molecule has 5 nitrogen and oxygen atoms in total. The van der Waals surface area contributed by atoms with E-state index in [-0.39, 0.29) is 0 Å². The van der Waals surface area contributed by atoms with E-state index >= 15 is 0 Å². The molecule has 5 heteroatoms. The van der Waals surface area contributed by atoms with Crippen LogP contribution in [0.4, 0.5) is 10.6 Å². The number of hydrogen-bond acceptors (Lipinski definition) is 2. The molecule has 3 N–H and O–H groups in total. The van der Waals surface area contributed by atoms with Crippen molar-refractivity contribution in [3.63, 3.8) is 0 Å². The molecule has 1 aromatic carbocycles. The maximum Gasteiger partial charge on any atom is 0.317 e. The second-order valence-electron chi connectivity index (χ2n) is 5.17. The monoisotopic (exact) mass is 270 g/mol. The molecule has 104 valence electrons. The van der Waals surface area contributed by atoms with Crippen molar-refractivity contribution in [2.75, 3.05) is 5.32 Å². The van der Waals surface area contributed by atoms with Crippen LogP contribution >= 0.6 is 0 Å². The zero-order chi connectivity index (χ0) is 13.9. The Hall–Kier alpha value is -2.30. The Labute approximate surface area is 117 Å². The maximum absolute atomic E-state index is 11.2. The highest BCUT2D eigenvalue weighted by molar-refractivity contribution is 5.87. The van der Waals surface area contributed by atoms with Crippen LogP contribution in [0.5, 0.6) is 0 Å². The number of primary amides is 1. The van der Waals surface area contributed by atoms with Gasteiger partial charge < -0.3 is 5.73 Å². The average molecular weight is 270 g/mol. The molecule has 1 fully saturated rings. The average Bonchev–Trinajstić information content (AvgIpc) is 3.08. The van der Waals surface area contributed by atoms with Gasteiger partial charge in [0.15, 0.2) is 0 Å². The van der Waals surface area contributed by atoms with Crippen molar-refractivity contribution in [3.8, 4) is 5.69 Å². The van der Waals surface area contributed by atoms with Crippen LogP contribution in [-0.4, -0.2) is 15.8 Å². The Balaban J connectivity index is 1.99. The summed E-state index contributed by atoms with van der Waals surface area (Å²) in [6.07, 6.45) is 4.84. The lowest BCUT2D eigenvalue weighted by atomic mass is 10.0. The number of para-hydroxylation sites is 1. The van der Waals surface area contributed by atoms with Crippen LogP contribution in [0.25, 0.3) is 5.69 Å². The van der Waals surface area contributed by atoms with E-state index in [1.54, 1.807) is 4.68 Å². The van der Waals surface area contributed by atoms with Crippen LogP contribution in [0.15, 0.2) is 36.4 Å². The van der Waals surface area contributed by atoms with Gasteiger partial charge in [-0.3, -0.25) is 5.32 Å². The van der Waals surface area contributed by atoms with Crippen LogP contribution in [0.2, 0.25) is 0 Å². The number of urea groups is 1. The standard InChI is InChI=1S/C15H18N4O/c16-15(20)17-14-10-13(11-6-4-5-7-11)18-19(14)12-8-2-1-3-9-12/h1-3,8-11H,4-7H2,(H3,16,17,20). The number of aromatic nitrogens is 2. The highest BCUT2D eigenvalue weighted by Crippen LogP contribution is 2.34. The van der Waals surface area contributed by atoms with Crippen molar-refractivity contribution in [2.24, 2.45) is 5.73 Å². The predicted molar refractivity (Wildman–Crippen MR) is 78.0 cm³/mol. The van der Waals surface area contributed by atoms with Gasteiger partial charge in [-0.2, -0.15) is 5.10 Å². The Bertz CT molecular complexity index is 600. The molecule has 0 spiro atoms. The van der Waals surface area contributed by atoms with Gasteiger partial charge in [0.1, 0.15) is 5.82 Å². The summed E-state index contributed by atoms with van der Waals surface area (Å²) in [4.78, 5) is 11.2. The fourth-order valence-corrected chi connectivity index (χ4v) is 2.80. The van der Waals surface area contributed by atoms with Crippen molar-refractivity contribution in [1.82, 2.24) is 9.78 Å². The number of nitrogens with two attached hydrogens (primary N) is 1. The molecule has 20 heavy (non-hydrogen) atoms. The molecule has 0 unspecified atom stereocenters. The Morgan fingerprint density at radius 2 is 1.95 bits per heavy atom. The smallest absolute Gasteiger partial charge is 0.317 e. The molecule has 0 aliphatic heterocycles. The van der Waals surface area contributed by atoms with E-state index in [1.807, 2.05) is 36.4 Å². The number of carbonyl (C=O) groups excluding carboxylic acids is 1. The molecule has 0 atom stereocenters. The topological polar surface area (TPSA) is 72.9 Å². The van der Waals surface area contributed by atoms with Crippen LogP contribution in [-0.2, 0) is 0 Å². The van der Waals surface area contributed by atoms with E-state index in [0.29, 0.717) is 11.7 Å². The number of nitrogens with zero attached hydrogens (tertiary/aromatic N) is 2. The number of amides is 2. The first-order valence-electron chi connectivity index (χ1n) is 6.96. The molecule has 1 aliphatic carbocycles. The van der Waals surface area contributed by atoms with Gasteiger partial charge in [0.2, 0.25) is 0 Å². The molecule has 2 amide bonds. The summed E-state index contributed by atoms with van der Waals surface area (Å²) in [5.74, 6) is 1.12. The summed E-state index contributed by atoms with van der Waals surface area (Å²) in [5.41, 5.74) is 7.20. The van der Waals surface area contributed by atoms with E-state index in [0.717, 1.165) is 11.4 Å². The van der Waals surface area contributed by atoms with Gasteiger partial charge in [-0.25, -0.2) is 9.48 Å². The van der Waals surface area contributed by atoms with Crippen LogP contribution in [0, 0.1) is 0 Å². The van der Waals surface area contributed by atoms with Crippen molar-refractivity contribution in [3.05, 3.63) is 42.1 Å². The summed E-state index contributed by atoms with van der Waals surface area (Å²) in [6.45, 7) is 0. The van der Waals surface area contributed by atoms with Gasteiger partial charge in [0.25, 0.3) is 0 Å². The number of rotatable bonds is 3. The Morgan fingerprint density at radius 1 is 1.25 bits per heavy atom. The molecular formula is C15H18N4O. The number of carbonyl (C=O) groups is 1. The van der Waals surface area contributed by atoms with E-state index in [2.05, 4.69) is 10.4 Å². The highest BCUT2D eigenvalue weighted by atomic mass is 16.2. The molecular weight excluding hydrogens is 252 g/mol. The second-order valence-corrected chi connectivity index (χ2v) is 5.17. The first-order valence-corrected chi connectivity index (χ1v) is 6.96. The van der Waals surface area contributed by atoms with Gasteiger partial charge in [-0.15, -0.1) is 0 Å². The molecule has 1 aliphatic rings. The Morgan fingerprint density at radius 3 is 2.60 bits per heavy atom. The number of anilines is 1. The van der Waals surface area contributed by atoms with Crippen LogP contribution in [0.3, 0.4) is 0 Å². The zero-order valence-electron chi connectivity index (χ0n) is 11.2. The van der Waals surface area contributed by atoms with E-state index in [9.17, 15) is 4.79 Å². The first kappa shape index (κ1) is 12.7. The quantitative estimate of drug-likeness (QED) is 0.899. The molecule has 0 radical (unpaired) electrons. The van der Waals surface area contributed by atoms with Crippen molar-refractivity contribution in [2.45, 2.75) is 31.6 Å². The number of nitrogens with one attached hydrogen (secondary N) is 1. The van der Waals surface area contributed by atoms with Gasteiger partial charge >= 0.3 is 6.03 Å². The van der Waals surface area contributed by atoms with Gasteiger partial charge in [-0.1, -0.05) is 31.0 Å². The largest absolute Gasteiger partial charge is 0.351 e. The van der Waals surface area contributed by atoms with Gasteiger partial charge in [-0.05, 0) is 25.0 Å². The lowest BCUT2D eigenvalue weighted by Gasteiger charge is -2.07. The van der Waals surface area contributed by atoms with E-state index in [4.69, 9.17) is 5.73 Å². The third kappa shape index (κ3) is 2.52. The van der Waals surface area contributed by atoms with Crippen molar-refractivity contribution in [1.29, 1.82) is 0 Å². The minimum Gasteiger partial charge on any atom is -0.351 e. The third-order valence-electron chi connectivity index (χ3n) is 3.75.